The van der Waals surface area contributed by atoms with E-state index in [9.17, 15) is 9.90 Å². The predicted molar refractivity (Wildman–Crippen MR) is 104 cm³/mol. The first-order valence-corrected chi connectivity index (χ1v) is 10.2. The van der Waals surface area contributed by atoms with Gasteiger partial charge in [-0.1, -0.05) is 23.7 Å². The van der Waals surface area contributed by atoms with E-state index in [1.807, 2.05) is 29.2 Å². The minimum atomic E-state index is -1.21. The number of amides is 1. The normalized spacial score (nSPS) is 27.8. The molecule has 4 rings (SSSR count). The molecule has 0 radical (unpaired) electrons. The van der Waals surface area contributed by atoms with Crippen LogP contribution in [0.15, 0.2) is 24.3 Å². The van der Waals surface area contributed by atoms with Gasteiger partial charge < -0.3 is 14.9 Å². The molecular formula is C20H28ClN3O2. The van der Waals surface area contributed by atoms with Crippen molar-refractivity contribution in [2.75, 3.05) is 50.7 Å². The number of benzene rings is 1. The molecule has 2 aliphatic heterocycles. The predicted octanol–water partition coefficient (Wildman–Crippen LogP) is 2.23. The lowest BCUT2D eigenvalue weighted by molar-refractivity contribution is -0.159. The van der Waals surface area contributed by atoms with Gasteiger partial charge in [-0.3, -0.25) is 9.69 Å². The molecule has 2 saturated heterocycles. The van der Waals surface area contributed by atoms with Gasteiger partial charge in [0.2, 0.25) is 0 Å². The van der Waals surface area contributed by atoms with Gasteiger partial charge in [-0.2, -0.15) is 0 Å². The van der Waals surface area contributed by atoms with Crippen molar-refractivity contribution in [2.24, 2.45) is 5.92 Å². The number of aliphatic hydroxyl groups is 1. The highest BCUT2D eigenvalue weighted by atomic mass is 35.5. The monoisotopic (exact) mass is 377 g/mol. The molecule has 1 N–H and O–H groups in total. The van der Waals surface area contributed by atoms with Crippen LogP contribution in [0.4, 0.5) is 5.69 Å². The molecule has 142 valence electrons. The number of piperidine rings is 1. The Morgan fingerprint density at radius 3 is 2.54 bits per heavy atom. The Morgan fingerprint density at radius 1 is 1.12 bits per heavy atom. The quantitative estimate of drug-likeness (QED) is 0.854. The van der Waals surface area contributed by atoms with E-state index in [0.29, 0.717) is 18.9 Å². The van der Waals surface area contributed by atoms with E-state index in [-0.39, 0.29) is 5.91 Å². The van der Waals surface area contributed by atoms with Gasteiger partial charge in [0.1, 0.15) is 0 Å². The van der Waals surface area contributed by atoms with Gasteiger partial charge in [0.25, 0.3) is 5.91 Å². The fourth-order valence-electron chi connectivity index (χ4n) is 4.22. The van der Waals surface area contributed by atoms with E-state index < -0.39 is 5.60 Å². The summed E-state index contributed by atoms with van der Waals surface area (Å²) >= 11 is 6.31. The van der Waals surface area contributed by atoms with Crippen LogP contribution in [0.1, 0.15) is 25.7 Å². The van der Waals surface area contributed by atoms with Crippen molar-refractivity contribution < 1.29 is 9.90 Å². The Kier molecular flexibility index (Phi) is 5.13. The van der Waals surface area contributed by atoms with Gasteiger partial charge in [0.15, 0.2) is 5.60 Å². The second-order valence-electron chi connectivity index (χ2n) is 8.04. The van der Waals surface area contributed by atoms with E-state index >= 15 is 0 Å². The van der Waals surface area contributed by atoms with Crippen LogP contribution < -0.4 is 4.90 Å². The van der Waals surface area contributed by atoms with E-state index in [2.05, 4.69) is 9.80 Å². The topological polar surface area (TPSA) is 47.0 Å². The number of β-amino-alcohol motifs (C(OH)–C–C–N with tert-alkyl or cyclic N) is 1. The average molecular weight is 378 g/mol. The third kappa shape index (κ3) is 3.85. The third-order valence-corrected chi connectivity index (χ3v) is 6.25. The number of hydrogen-bond donors (Lipinski definition) is 1. The molecule has 3 aliphatic rings. The van der Waals surface area contributed by atoms with Gasteiger partial charge in [-0.25, -0.2) is 0 Å². The molecule has 1 saturated carbocycles. The molecule has 0 aromatic heterocycles. The molecule has 1 aliphatic carbocycles. The molecule has 1 aromatic carbocycles. The summed E-state index contributed by atoms with van der Waals surface area (Å²) < 4.78 is 0. The SMILES string of the molecule is O=C1N(CC2CC2)CCCC1(O)CN1CCN(c2ccccc2Cl)CC1. The lowest BCUT2D eigenvalue weighted by Crippen LogP contribution is -2.60. The average Bonchev–Trinajstić information content (AvgIpc) is 3.45. The van der Waals surface area contributed by atoms with Crippen molar-refractivity contribution in [3.63, 3.8) is 0 Å². The molecule has 1 atom stereocenters. The van der Waals surface area contributed by atoms with Crippen molar-refractivity contribution >= 4 is 23.2 Å². The van der Waals surface area contributed by atoms with E-state index in [0.717, 1.165) is 56.4 Å². The molecule has 1 aromatic rings. The Bertz CT molecular complexity index is 658. The molecule has 0 spiro atoms. The molecule has 0 bridgehead atoms. The Labute approximate surface area is 160 Å². The summed E-state index contributed by atoms with van der Waals surface area (Å²) in [4.78, 5) is 19.3. The van der Waals surface area contributed by atoms with Crippen LogP contribution in [0.3, 0.4) is 0 Å². The zero-order chi connectivity index (χ0) is 18.1. The fraction of sp³-hybridized carbons (Fsp3) is 0.650. The summed E-state index contributed by atoms with van der Waals surface area (Å²) in [5, 5.41) is 11.8. The number of likely N-dealkylation sites (tertiary alicyclic amines) is 1. The first-order valence-electron chi connectivity index (χ1n) is 9.79. The number of hydrogen-bond acceptors (Lipinski definition) is 4. The maximum absolute atomic E-state index is 12.8. The molecule has 6 heteroatoms. The van der Waals surface area contributed by atoms with Gasteiger partial charge >= 0.3 is 0 Å². The van der Waals surface area contributed by atoms with E-state index in [4.69, 9.17) is 11.6 Å². The number of carbonyl (C=O) groups is 1. The van der Waals surface area contributed by atoms with Crippen LogP contribution in [-0.4, -0.2) is 72.2 Å². The number of para-hydroxylation sites is 1. The van der Waals surface area contributed by atoms with Crippen molar-refractivity contribution in [1.29, 1.82) is 0 Å². The molecule has 1 unspecified atom stereocenters. The summed E-state index contributed by atoms with van der Waals surface area (Å²) in [7, 11) is 0. The fourth-order valence-corrected chi connectivity index (χ4v) is 4.48. The maximum atomic E-state index is 12.8. The molecule has 3 fully saturated rings. The zero-order valence-corrected chi connectivity index (χ0v) is 16.0. The number of carbonyl (C=O) groups excluding carboxylic acids is 1. The van der Waals surface area contributed by atoms with Crippen LogP contribution in [0.2, 0.25) is 5.02 Å². The molecular weight excluding hydrogens is 350 g/mol. The standard InChI is InChI=1S/C20H28ClN3O2/c21-17-4-1-2-5-18(17)23-12-10-22(11-13-23)15-20(26)8-3-9-24(19(20)25)14-16-6-7-16/h1-2,4-5,16,26H,3,6-15H2. The Balaban J connectivity index is 1.34. The number of rotatable bonds is 5. The minimum Gasteiger partial charge on any atom is -0.379 e. The Hall–Kier alpha value is -1.30. The van der Waals surface area contributed by atoms with Gasteiger partial charge in [-0.05, 0) is 43.7 Å². The first kappa shape index (κ1) is 18.1. The van der Waals surface area contributed by atoms with Crippen molar-refractivity contribution in [2.45, 2.75) is 31.3 Å². The first-order chi connectivity index (χ1) is 12.5. The van der Waals surface area contributed by atoms with Gasteiger partial charge in [0, 0.05) is 45.8 Å². The zero-order valence-electron chi connectivity index (χ0n) is 15.2. The maximum Gasteiger partial charge on any atom is 0.255 e. The van der Waals surface area contributed by atoms with Crippen LogP contribution in [0.25, 0.3) is 0 Å². The summed E-state index contributed by atoms with van der Waals surface area (Å²) in [5.41, 5.74) is -0.142. The molecule has 2 heterocycles. The molecule has 5 nitrogen and oxygen atoms in total. The molecule has 1 amide bonds. The lowest BCUT2D eigenvalue weighted by atomic mass is 9.90. The van der Waals surface area contributed by atoms with Crippen molar-refractivity contribution in [3.8, 4) is 0 Å². The minimum absolute atomic E-state index is 0.0517. The number of piperazine rings is 1. The summed E-state index contributed by atoms with van der Waals surface area (Å²) in [5.74, 6) is 0.615. The van der Waals surface area contributed by atoms with Crippen molar-refractivity contribution in [3.05, 3.63) is 29.3 Å². The van der Waals surface area contributed by atoms with E-state index in [1.165, 1.54) is 12.8 Å². The second kappa shape index (κ2) is 7.37. The summed E-state index contributed by atoms with van der Waals surface area (Å²) in [6.45, 7) is 5.48. The Morgan fingerprint density at radius 2 is 1.85 bits per heavy atom. The molecule has 26 heavy (non-hydrogen) atoms. The largest absolute Gasteiger partial charge is 0.379 e. The highest BCUT2D eigenvalue weighted by Crippen LogP contribution is 2.33. The summed E-state index contributed by atoms with van der Waals surface area (Å²) in [6, 6.07) is 7.91. The van der Waals surface area contributed by atoms with Crippen molar-refractivity contribution in [1.82, 2.24) is 9.80 Å². The van der Waals surface area contributed by atoms with Crippen LogP contribution >= 0.6 is 11.6 Å². The number of anilines is 1. The smallest absolute Gasteiger partial charge is 0.255 e. The van der Waals surface area contributed by atoms with E-state index in [1.54, 1.807) is 0 Å². The van der Waals surface area contributed by atoms with Crippen LogP contribution in [0.5, 0.6) is 0 Å². The second-order valence-corrected chi connectivity index (χ2v) is 8.45. The highest BCUT2D eigenvalue weighted by molar-refractivity contribution is 6.33. The van der Waals surface area contributed by atoms with Gasteiger partial charge in [-0.15, -0.1) is 0 Å². The third-order valence-electron chi connectivity index (χ3n) is 5.93. The van der Waals surface area contributed by atoms with Crippen LogP contribution in [-0.2, 0) is 4.79 Å². The lowest BCUT2D eigenvalue weighted by Gasteiger charge is -2.43. The van der Waals surface area contributed by atoms with Crippen LogP contribution in [0, 0.1) is 5.92 Å². The van der Waals surface area contributed by atoms with Gasteiger partial charge in [0.05, 0.1) is 10.7 Å². The highest BCUT2D eigenvalue weighted by Gasteiger charge is 2.44. The number of halogens is 1. The number of nitrogens with zero attached hydrogens (tertiary/aromatic N) is 3. The summed E-state index contributed by atoms with van der Waals surface area (Å²) in [6.07, 6.45) is 3.94.